The van der Waals surface area contributed by atoms with E-state index < -0.39 is 15.4 Å². The zero-order valence-corrected chi connectivity index (χ0v) is 12.3. The van der Waals surface area contributed by atoms with E-state index in [1.807, 2.05) is 7.05 Å². The molecule has 1 saturated carbocycles. The van der Waals surface area contributed by atoms with Crippen molar-refractivity contribution in [2.45, 2.75) is 43.3 Å². The van der Waals surface area contributed by atoms with Gasteiger partial charge in [0, 0.05) is 12.1 Å². The van der Waals surface area contributed by atoms with E-state index in [4.69, 9.17) is 10.5 Å². The number of carbonyl (C=O) groups is 1. The molecule has 19 heavy (non-hydrogen) atoms. The first-order valence-electron chi connectivity index (χ1n) is 6.57. The molecule has 2 fully saturated rings. The summed E-state index contributed by atoms with van der Waals surface area (Å²) in [6.45, 7) is 0. The lowest BCUT2D eigenvalue weighted by Crippen LogP contribution is -2.48. The summed E-state index contributed by atoms with van der Waals surface area (Å²) in [5.74, 6) is 0.109. The number of methoxy groups -OCH3 is 1. The molecular weight excluding hydrogens is 268 g/mol. The number of nitrogens with two attached hydrogens (primary N) is 1. The molecule has 6 nitrogen and oxygen atoms in total. The van der Waals surface area contributed by atoms with Gasteiger partial charge in [-0.1, -0.05) is 0 Å². The summed E-state index contributed by atoms with van der Waals surface area (Å²) >= 11 is 0. The summed E-state index contributed by atoms with van der Waals surface area (Å²) in [5.41, 5.74) is 5.16. The van der Waals surface area contributed by atoms with Crippen molar-refractivity contribution in [3.63, 3.8) is 0 Å². The Kier molecular flexibility index (Phi) is 3.90. The highest BCUT2D eigenvalue weighted by Crippen LogP contribution is 2.33. The number of rotatable bonds is 3. The second kappa shape index (κ2) is 5.03. The molecule has 3 unspecified atom stereocenters. The molecule has 2 N–H and O–H groups in total. The first-order valence-corrected chi connectivity index (χ1v) is 8.39. The maximum Gasteiger partial charge on any atom is 0.325 e. The summed E-state index contributed by atoms with van der Waals surface area (Å²) in [6, 6.07) is 0.206. The normalized spacial score (nSPS) is 37.7. The fraction of sp³-hybridized carbons (Fsp3) is 0.917. The van der Waals surface area contributed by atoms with Gasteiger partial charge in [-0.3, -0.25) is 9.69 Å². The number of carbonyl (C=O) groups excluding carboxylic acids is 1. The van der Waals surface area contributed by atoms with Gasteiger partial charge in [-0.05, 0) is 32.7 Å². The molecule has 0 aromatic carbocycles. The smallest absolute Gasteiger partial charge is 0.325 e. The predicted molar refractivity (Wildman–Crippen MR) is 71.4 cm³/mol. The second-order valence-electron chi connectivity index (χ2n) is 5.77. The molecule has 2 aliphatic rings. The highest BCUT2D eigenvalue weighted by molar-refractivity contribution is 7.91. The van der Waals surface area contributed by atoms with Crippen LogP contribution in [0.4, 0.5) is 0 Å². The molecule has 3 atom stereocenters. The topological polar surface area (TPSA) is 89.7 Å². The average molecular weight is 290 g/mol. The fourth-order valence-electron chi connectivity index (χ4n) is 3.18. The largest absolute Gasteiger partial charge is 0.468 e. The molecule has 0 bridgehead atoms. The lowest BCUT2D eigenvalue weighted by molar-refractivity contribution is -0.147. The van der Waals surface area contributed by atoms with Crippen molar-refractivity contribution in [1.82, 2.24) is 4.90 Å². The van der Waals surface area contributed by atoms with Crippen LogP contribution in [0.5, 0.6) is 0 Å². The van der Waals surface area contributed by atoms with Crippen molar-refractivity contribution in [1.29, 1.82) is 0 Å². The molecule has 0 amide bonds. The van der Waals surface area contributed by atoms with Crippen molar-refractivity contribution >= 4 is 15.8 Å². The van der Waals surface area contributed by atoms with Gasteiger partial charge in [0.2, 0.25) is 0 Å². The Labute approximate surface area is 114 Å². The van der Waals surface area contributed by atoms with E-state index in [-0.39, 0.29) is 29.6 Å². The van der Waals surface area contributed by atoms with E-state index in [0.29, 0.717) is 19.3 Å². The van der Waals surface area contributed by atoms with Crippen molar-refractivity contribution in [3.8, 4) is 0 Å². The van der Waals surface area contributed by atoms with Crippen LogP contribution in [0.3, 0.4) is 0 Å². The van der Waals surface area contributed by atoms with Gasteiger partial charge in [0.25, 0.3) is 0 Å². The van der Waals surface area contributed by atoms with Crippen LogP contribution in [0.25, 0.3) is 0 Å². The third kappa shape index (κ3) is 2.93. The predicted octanol–water partition coefficient (Wildman–Crippen LogP) is -0.472. The van der Waals surface area contributed by atoms with Crippen molar-refractivity contribution in [2.24, 2.45) is 5.73 Å². The standard InChI is InChI=1S/C12H22N2O4S/c1-14(10-4-6-19(16,17)8-10)9-3-5-12(13,7-9)11(15)18-2/h9-10H,3-8,13H2,1-2H3. The van der Waals surface area contributed by atoms with Gasteiger partial charge >= 0.3 is 5.97 Å². The van der Waals surface area contributed by atoms with Crippen LogP contribution in [0.2, 0.25) is 0 Å². The van der Waals surface area contributed by atoms with Crippen LogP contribution in [0, 0.1) is 0 Å². The molecule has 0 radical (unpaired) electrons. The minimum absolute atomic E-state index is 0.0509. The zero-order chi connectivity index (χ0) is 14.3. The monoisotopic (exact) mass is 290 g/mol. The first kappa shape index (κ1) is 14.7. The lowest BCUT2D eigenvalue weighted by Gasteiger charge is -2.30. The molecular formula is C12H22N2O4S. The van der Waals surface area contributed by atoms with Gasteiger partial charge in [-0.25, -0.2) is 8.42 Å². The van der Waals surface area contributed by atoms with Gasteiger partial charge < -0.3 is 10.5 Å². The molecule has 7 heteroatoms. The highest BCUT2D eigenvalue weighted by atomic mass is 32.2. The summed E-state index contributed by atoms with van der Waals surface area (Å²) in [7, 11) is 0.390. The van der Waals surface area contributed by atoms with Gasteiger partial charge in [0.15, 0.2) is 9.84 Å². The molecule has 0 spiro atoms. The Morgan fingerprint density at radius 2 is 2.05 bits per heavy atom. The zero-order valence-electron chi connectivity index (χ0n) is 11.5. The van der Waals surface area contributed by atoms with Crippen molar-refractivity contribution in [3.05, 3.63) is 0 Å². The van der Waals surface area contributed by atoms with Crippen LogP contribution in [-0.2, 0) is 19.4 Å². The number of hydrogen-bond acceptors (Lipinski definition) is 6. The lowest BCUT2D eigenvalue weighted by atomic mass is 9.99. The van der Waals surface area contributed by atoms with E-state index in [0.717, 1.165) is 6.42 Å². The Morgan fingerprint density at radius 3 is 2.58 bits per heavy atom. The minimum atomic E-state index is -2.88. The van der Waals surface area contributed by atoms with Crippen LogP contribution >= 0.6 is 0 Å². The van der Waals surface area contributed by atoms with E-state index in [9.17, 15) is 13.2 Å². The van der Waals surface area contributed by atoms with E-state index >= 15 is 0 Å². The molecule has 2 rings (SSSR count). The summed E-state index contributed by atoms with van der Waals surface area (Å²) in [5, 5.41) is 0. The van der Waals surface area contributed by atoms with Crippen LogP contribution < -0.4 is 5.73 Å². The average Bonchev–Trinajstić information content (AvgIpc) is 2.92. The number of esters is 1. The third-order valence-electron chi connectivity index (χ3n) is 4.48. The number of ether oxygens (including phenoxy) is 1. The molecule has 1 heterocycles. The van der Waals surface area contributed by atoms with Crippen LogP contribution in [0.1, 0.15) is 25.7 Å². The summed E-state index contributed by atoms with van der Waals surface area (Å²) in [6.07, 6.45) is 2.60. The van der Waals surface area contributed by atoms with Gasteiger partial charge in [-0.15, -0.1) is 0 Å². The SMILES string of the molecule is COC(=O)C1(N)CCC(N(C)C2CCS(=O)(=O)C2)C1. The van der Waals surface area contributed by atoms with E-state index in [1.165, 1.54) is 7.11 Å². The Balaban J connectivity index is 1.99. The maximum atomic E-state index is 11.7. The number of nitrogens with zero attached hydrogens (tertiary/aromatic N) is 1. The van der Waals surface area contributed by atoms with Gasteiger partial charge in [0.05, 0.1) is 18.6 Å². The molecule has 110 valence electrons. The maximum absolute atomic E-state index is 11.7. The molecule has 1 aliphatic carbocycles. The van der Waals surface area contributed by atoms with Gasteiger partial charge in [-0.2, -0.15) is 0 Å². The number of hydrogen-bond donors (Lipinski definition) is 1. The minimum Gasteiger partial charge on any atom is -0.468 e. The molecule has 1 saturated heterocycles. The number of sulfone groups is 1. The molecule has 0 aromatic heterocycles. The first-order chi connectivity index (χ1) is 8.77. The Morgan fingerprint density at radius 1 is 1.37 bits per heavy atom. The highest BCUT2D eigenvalue weighted by Gasteiger charge is 2.46. The van der Waals surface area contributed by atoms with E-state index in [2.05, 4.69) is 4.90 Å². The Hall–Kier alpha value is -0.660. The summed E-state index contributed by atoms with van der Waals surface area (Å²) in [4.78, 5) is 13.8. The second-order valence-corrected chi connectivity index (χ2v) is 8.00. The molecule has 0 aromatic rings. The van der Waals surface area contributed by atoms with Gasteiger partial charge in [0.1, 0.15) is 5.54 Å². The van der Waals surface area contributed by atoms with Crippen molar-refractivity contribution < 1.29 is 17.9 Å². The molecule has 1 aliphatic heterocycles. The third-order valence-corrected chi connectivity index (χ3v) is 6.23. The quantitative estimate of drug-likeness (QED) is 0.707. The van der Waals surface area contributed by atoms with Crippen molar-refractivity contribution in [2.75, 3.05) is 25.7 Å². The fourth-order valence-corrected chi connectivity index (χ4v) is 4.97. The summed E-state index contributed by atoms with van der Waals surface area (Å²) < 4.78 is 27.8. The van der Waals surface area contributed by atoms with E-state index in [1.54, 1.807) is 0 Å². The van der Waals surface area contributed by atoms with Crippen LogP contribution in [0.15, 0.2) is 0 Å². The van der Waals surface area contributed by atoms with Crippen LogP contribution in [-0.4, -0.2) is 62.6 Å². The Bertz CT molecular complexity index is 464.